The molecule has 4 rings (SSSR count). The van der Waals surface area contributed by atoms with Gasteiger partial charge in [0.1, 0.15) is 17.2 Å². The standard InChI is InChI=1S/C23H25N3O4/c1-16-5-4-6-17(13-16)26-21(23(27)25-9-11-30-12-10-25)15-20(24-26)19-8-7-18(28-2)14-22(19)29-3/h4-8,13-15H,9-12H2,1-3H3. The Labute approximate surface area is 175 Å². The fourth-order valence-corrected chi connectivity index (χ4v) is 3.56. The predicted molar refractivity (Wildman–Crippen MR) is 114 cm³/mol. The molecule has 0 N–H and O–H groups in total. The van der Waals surface area contributed by atoms with Gasteiger partial charge in [-0.25, -0.2) is 4.68 Å². The van der Waals surface area contributed by atoms with E-state index >= 15 is 0 Å². The number of hydrogen-bond acceptors (Lipinski definition) is 5. The van der Waals surface area contributed by atoms with Crippen LogP contribution in [0.15, 0.2) is 48.5 Å². The second-order valence-electron chi connectivity index (χ2n) is 7.14. The first-order chi connectivity index (χ1) is 14.6. The minimum absolute atomic E-state index is 0.0639. The molecule has 7 nitrogen and oxygen atoms in total. The third-order valence-electron chi connectivity index (χ3n) is 5.16. The van der Waals surface area contributed by atoms with Gasteiger partial charge in [0.2, 0.25) is 0 Å². The topological polar surface area (TPSA) is 65.8 Å². The van der Waals surface area contributed by atoms with Crippen LogP contribution in [0, 0.1) is 6.92 Å². The SMILES string of the molecule is COc1ccc(-c2cc(C(=O)N3CCOCC3)n(-c3cccc(C)c3)n2)c(OC)c1. The van der Waals surface area contributed by atoms with Crippen molar-refractivity contribution < 1.29 is 19.0 Å². The van der Waals surface area contributed by atoms with E-state index < -0.39 is 0 Å². The zero-order valence-corrected chi connectivity index (χ0v) is 17.4. The van der Waals surface area contributed by atoms with Crippen LogP contribution in [-0.2, 0) is 4.74 Å². The minimum atomic E-state index is -0.0639. The molecule has 3 aromatic rings. The summed E-state index contributed by atoms with van der Waals surface area (Å²) in [6, 6.07) is 15.3. The van der Waals surface area contributed by atoms with E-state index in [2.05, 4.69) is 0 Å². The molecule has 7 heteroatoms. The van der Waals surface area contributed by atoms with Crippen LogP contribution < -0.4 is 9.47 Å². The van der Waals surface area contributed by atoms with Gasteiger partial charge in [0, 0.05) is 24.7 Å². The summed E-state index contributed by atoms with van der Waals surface area (Å²) in [5.74, 6) is 1.26. The summed E-state index contributed by atoms with van der Waals surface area (Å²) in [6.07, 6.45) is 0. The molecule has 0 spiro atoms. The number of hydrogen-bond donors (Lipinski definition) is 0. The van der Waals surface area contributed by atoms with Gasteiger partial charge >= 0.3 is 0 Å². The van der Waals surface area contributed by atoms with E-state index in [-0.39, 0.29) is 5.91 Å². The normalized spacial score (nSPS) is 13.9. The van der Waals surface area contributed by atoms with E-state index in [1.807, 2.05) is 60.4 Å². The van der Waals surface area contributed by atoms with Crippen molar-refractivity contribution in [2.75, 3.05) is 40.5 Å². The Hall–Kier alpha value is -3.32. The fraction of sp³-hybridized carbons (Fsp3) is 0.304. The summed E-state index contributed by atoms with van der Waals surface area (Å²) in [4.78, 5) is 15.1. The van der Waals surface area contributed by atoms with E-state index in [4.69, 9.17) is 19.3 Å². The van der Waals surface area contributed by atoms with Crippen LogP contribution in [0.3, 0.4) is 0 Å². The predicted octanol–water partition coefficient (Wildman–Crippen LogP) is 3.34. The van der Waals surface area contributed by atoms with E-state index in [0.29, 0.717) is 49.2 Å². The number of carbonyl (C=O) groups is 1. The molecule has 1 saturated heterocycles. The number of aromatic nitrogens is 2. The number of amides is 1. The molecular weight excluding hydrogens is 382 g/mol. The number of rotatable bonds is 5. The quantitative estimate of drug-likeness (QED) is 0.649. The number of carbonyl (C=O) groups excluding carboxylic acids is 1. The second kappa shape index (κ2) is 8.59. The molecule has 1 aromatic heterocycles. The molecule has 1 aliphatic rings. The highest BCUT2D eigenvalue weighted by Gasteiger charge is 2.25. The first-order valence-corrected chi connectivity index (χ1v) is 9.87. The molecule has 2 heterocycles. The molecule has 30 heavy (non-hydrogen) atoms. The van der Waals surface area contributed by atoms with Crippen molar-refractivity contribution in [2.24, 2.45) is 0 Å². The van der Waals surface area contributed by atoms with Gasteiger partial charge in [0.05, 0.1) is 38.8 Å². The molecule has 0 saturated carbocycles. The lowest BCUT2D eigenvalue weighted by atomic mass is 10.1. The molecule has 156 valence electrons. The summed E-state index contributed by atoms with van der Waals surface area (Å²) in [7, 11) is 3.22. The van der Waals surface area contributed by atoms with Crippen LogP contribution >= 0.6 is 0 Å². The van der Waals surface area contributed by atoms with Gasteiger partial charge in [-0.2, -0.15) is 5.10 Å². The van der Waals surface area contributed by atoms with Crippen molar-refractivity contribution >= 4 is 5.91 Å². The molecule has 1 fully saturated rings. The highest BCUT2D eigenvalue weighted by atomic mass is 16.5. The monoisotopic (exact) mass is 407 g/mol. The Kier molecular flexibility index (Phi) is 5.72. The maximum Gasteiger partial charge on any atom is 0.272 e. The lowest BCUT2D eigenvalue weighted by Crippen LogP contribution is -2.41. The number of nitrogens with zero attached hydrogens (tertiary/aromatic N) is 3. The third-order valence-corrected chi connectivity index (χ3v) is 5.16. The Morgan fingerprint density at radius 3 is 2.53 bits per heavy atom. The van der Waals surface area contributed by atoms with Crippen molar-refractivity contribution in [3.63, 3.8) is 0 Å². The van der Waals surface area contributed by atoms with E-state index in [0.717, 1.165) is 16.8 Å². The molecule has 1 amide bonds. The van der Waals surface area contributed by atoms with Crippen molar-refractivity contribution in [2.45, 2.75) is 6.92 Å². The Morgan fingerprint density at radius 2 is 1.83 bits per heavy atom. The van der Waals surface area contributed by atoms with Gasteiger partial charge < -0.3 is 19.1 Å². The highest BCUT2D eigenvalue weighted by molar-refractivity contribution is 5.94. The highest BCUT2D eigenvalue weighted by Crippen LogP contribution is 2.33. The van der Waals surface area contributed by atoms with Gasteiger partial charge in [0.15, 0.2) is 0 Å². The summed E-state index contributed by atoms with van der Waals surface area (Å²) in [5.41, 5.74) is 3.89. The molecule has 0 radical (unpaired) electrons. The lowest BCUT2D eigenvalue weighted by molar-refractivity contribution is 0.0297. The van der Waals surface area contributed by atoms with Crippen molar-refractivity contribution in [3.05, 3.63) is 59.8 Å². The Balaban J connectivity index is 1.83. The van der Waals surface area contributed by atoms with Crippen LogP contribution in [0.1, 0.15) is 16.1 Å². The largest absolute Gasteiger partial charge is 0.497 e. The van der Waals surface area contributed by atoms with E-state index in [9.17, 15) is 4.79 Å². The fourth-order valence-electron chi connectivity index (χ4n) is 3.56. The molecule has 0 atom stereocenters. The number of methoxy groups -OCH3 is 2. The Bertz CT molecular complexity index is 1050. The second-order valence-corrected chi connectivity index (χ2v) is 7.14. The first-order valence-electron chi connectivity index (χ1n) is 9.87. The number of ether oxygens (including phenoxy) is 3. The average molecular weight is 407 g/mol. The van der Waals surface area contributed by atoms with Gasteiger partial charge in [-0.1, -0.05) is 12.1 Å². The zero-order valence-electron chi connectivity index (χ0n) is 17.4. The number of morpholine rings is 1. The maximum atomic E-state index is 13.3. The van der Waals surface area contributed by atoms with Crippen LogP contribution in [0.2, 0.25) is 0 Å². The maximum absolute atomic E-state index is 13.3. The van der Waals surface area contributed by atoms with Crippen molar-refractivity contribution in [1.29, 1.82) is 0 Å². The van der Waals surface area contributed by atoms with E-state index in [1.54, 1.807) is 18.9 Å². The average Bonchev–Trinajstić information content (AvgIpc) is 3.24. The minimum Gasteiger partial charge on any atom is -0.497 e. The summed E-state index contributed by atoms with van der Waals surface area (Å²) < 4.78 is 18.0. The molecule has 1 aliphatic heterocycles. The van der Waals surface area contributed by atoms with Crippen molar-refractivity contribution in [3.8, 4) is 28.4 Å². The third kappa shape index (κ3) is 3.89. The van der Waals surface area contributed by atoms with Gasteiger partial charge in [-0.05, 0) is 42.8 Å². The van der Waals surface area contributed by atoms with Crippen LogP contribution in [-0.4, -0.2) is 61.1 Å². The number of aryl methyl sites for hydroxylation is 1. The summed E-state index contributed by atoms with van der Waals surface area (Å²) in [6.45, 7) is 4.24. The summed E-state index contributed by atoms with van der Waals surface area (Å²) >= 11 is 0. The van der Waals surface area contributed by atoms with Gasteiger partial charge in [0.25, 0.3) is 5.91 Å². The van der Waals surface area contributed by atoms with Gasteiger partial charge in [-0.15, -0.1) is 0 Å². The molecule has 2 aromatic carbocycles. The molecule has 0 unspecified atom stereocenters. The van der Waals surface area contributed by atoms with E-state index in [1.165, 1.54) is 0 Å². The van der Waals surface area contributed by atoms with Crippen LogP contribution in [0.5, 0.6) is 11.5 Å². The number of benzene rings is 2. The first kappa shape index (κ1) is 20.0. The smallest absolute Gasteiger partial charge is 0.272 e. The van der Waals surface area contributed by atoms with Crippen LogP contribution in [0.25, 0.3) is 16.9 Å². The van der Waals surface area contributed by atoms with Crippen LogP contribution in [0.4, 0.5) is 0 Å². The lowest BCUT2D eigenvalue weighted by Gasteiger charge is -2.26. The molecule has 0 aliphatic carbocycles. The van der Waals surface area contributed by atoms with Gasteiger partial charge in [-0.3, -0.25) is 4.79 Å². The zero-order chi connectivity index (χ0) is 21.1. The molecule has 0 bridgehead atoms. The molecular formula is C23H25N3O4. The summed E-state index contributed by atoms with van der Waals surface area (Å²) in [5, 5.41) is 4.79. The Morgan fingerprint density at radius 1 is 1.03 bits per heavy atom. The van der Waals surface area contributed by atoms with Crippen molar-refractivity contribution in [1.82, 2.24) is 14.7 Å².